The maximum atomic E-state index is 8.50. The molecule has 0 bridgehead atoms. The lowest BCUT2D eigenvalue weighted by atomic mass is 10.3. The van der Waals surface area contributed by atoms with Crippen molar-refractivity contribution in [2.75, 3.05) is 0 Å². The standard InChI is InChI=1S/C5H17N3O3Si/c6-4(7,8)1-2-12-3-5(9,10)11/h9-11H,1-3,6-8,12H2. The molecule has 0 aliphatic rings. The van der Waals surface area contributed by atoms with Gasteiger partial charge in [0.1, 0.15) is 5.79 Å². The van der Waals surface area contributed by atoms with Crippen molar-refractivity contribution in [1.82, 2.24) is 0 Å². The average Bonchev–Trinajstić information content (AvgIpc) is 1.76. The van der Waals surface area contributed by atoms with Gasteiger partial charge in [0.25, 0.3) is 5.97 Å². The van der Waals surface area contributed by atoms with Crippen LogP contribution >= 0.6 is 0 Å². The Kier molecular flexibility index (Phi) is 4.27. The van der Waals surface area contributed by atoms with Crippen molar-refractivity contribution in [3.63, 3.8) is 0 Å². The first-order valence-corrected chi connectivity index (χ1v) is 5.74. The molecular weight excluding hydrogens is 178 g/mol. The van der Waals surface area contributed by atoms with Crippen molar-refractivity contribution in [1.29, 1.82) is 0 Å². The van der Waals surface area contributed by atoms with Gasteiger partial charge in [-0.15, -0.1) is 0 Å². The molecule has 0 saturated heterocycles. The molecule has 0 aromatic carbocycles. The third-order valence-corrected chi connectivity index (χ3v) is 3.25. The molecule has 0 aromatic rings. The van der Waals surface area contributed by atoms with Crippen LogP contribution in [0.5, 0.6) is 0 Å². The zero-order chi connectivity index (χ0) is 9.83. The quantitative estimate of drug-likeness (QED) is 0.153. The predicted octanol–water partition coefficient (Wildman–Crippen LogP) is -3.46. The van der Waals surface area contributed by atoms with E-state index in [1.807, 2.05) is 0 Å². The highest BCUT2D eigenvalue weighted by molar-refractivity contribution is 6.35. The van der Waals surface area contributed by atoms with Crippen LogP contribution in [0.3, 0.4) is 0 Å². The lowest BCUT2D eigenvalue weighted by molar-refractivity contribution is -0.296. The van der Waals surface area contributed by atoms with E-state index in [0.717, 1.165) is 0 Å². The smallest absolute Gasteiger partial charge is 0.272 e. The molecule has 12 heavy (non-hydrogen) atoms. The molecule has 0 rings (SSSR count). The average molecular weight is 195 g/mol. The van der Waals surface area contributed by atoms with E-state index in [9.17, 15) is 0 Å². The molecule has 0 heterocycles. The Balaban J connectivity index is 3.35. The van der Waals surface area contributed by atoms with Gasteiger partial charge in [0.2, 0.25) is 0 Å². The molecule has 9 N–H and O–H groups in total. The van der Waals surface area contributed by atoms with E-state index < -0.39 is 21.3 Å². The summed E-state index contributed by atoms with van der Waals surface area (Å²) in [7, 11) is -0.763. The first-order valence-electron chi connectivity index (χ1n) is 3.74. The Bertz CT molecular complexity index is 115. The van der Waals surface area contributed by atoms with Gasteiger partial charge < -0.3 is 32.5 Å². The Morgan fingerprint density at radius 3 is 1.92 bits per heavy atom. The Morgan fingerprint density at radius 1 is 1.08 bits per heavy atom. The third kappa shape index (κ3) is 9.98. The highest BCUT2D eigenvalue weighted by atomic mass is 28.2. The van der Waals surface area contributed by atoms with Crippen molar-refractivity contribution in [2.45, 2.75) is 30.3 Å². The maximum Gasteiger partial charge on any atom is 0.272 e. The van der Waals surface area contributed by atoms with Gasteiger partial charge in [-0.25, -0.2) is 0 Å². The SMILES string of the molecule is NC(N)(N)CC[SiH2]CC(O)(O)O. The summed E-state index contributed by atoms with van der Waals surface area (Å²) in [6.45, 7) is 0. The molecular formula is C5H17N3O3Si. The van der Waals surface area contributed by atoms with Gasteiger partial charge in [0.15, 0.2) is 0 Å². The highest BCUT2D eigenvalue weighted by Gasteiger charge is 2.18. The Morgan fingerprint density at radius 2 is 1.58 bits per heavy atom. The molecule has 0 aliphatic heterocycles. The summed E-state index contributed by atoms with van der Waals surface area (Å²) in [5.74, 6) is -3.72. The fourth-order valence-corrected chi connectivity index (χ4v) is 2.38. The normalized spacial score (nSPS) is 14.5. The summed E-state index contributed by atoms with van der Waals surface area (Å²) in [5.41, 5.74) is 15.8. The maximum absolute atomic E-state index is 8.50. The fourth-order valence-electron chi connectivity index (χ4n) is 0.793. The van der Waals surface area contributed by atoms with Crippen molar-refractivity contribution in [2.24, 2.45) is 17.2 Å². The van der Waals surface area contributed by atoms with Crippen LogP contribution in [0, 0.1) is 0 Å². The van der Waals surface area contributed by atoms with Crippen LogP contribution in [0.4, 0.5) is 0 Å². The molecule has 0 atom stereocenters. The van der Waals surface area contributed by atoms with Crippen LogP contribution in [0.15, 0.2) is 0 Å². The zero-order valence-electron chi connectivity index (χ0n) is 6.90. The predicted molar refractivity (Wildman–Crippen MR) is 47.5 cm³/mol. The van der Waals surface area contributed by atoms with E-state index in [2.05, 4.69) is 0 Å². The lowest BCUT2D eigenvalue weighted by Gasteiger charge is -2.19. The van der Waals surface area contributed by atoms with Crippen LogP contribution < -0.4 is 17.2 Å². The summed E-state index contributed by atoms with van der Waals surface area (Å²) in [6.07, 6.45) is 0.426. The van der Waals surface area contributed by atoms with E-state index in [-0.39, 0.29) is 6.04 Å². The van der Waals surface area contributed by atoms with Crippen molar-refractivity contribution >= 4 is 9.52 Å². The monoisotopic (exact) mass is 195 g/mol. The summed E-state index contributed by atoms with van der Waals surface area (Å²) in [5, 5.41) is 25.5. The van der Waals surface area contributed by atoms with Gasteiger partial charge in [-0.05, 0) is 6.42 Å². The summed E-state index contributed by atoms with van der Waals surface area (Å²) in [4.78, 5) is 0. The molecule has 0 amide bonds. The molecule has 0 aromatic heterocycles. The van der Waals surface area contributed by atoms with E-state index >= 15 is 0 Å². The largest absolute Gasteiger partial charge is 0.344 e. The van der Waals surface area contributed by atoms with Gasteiger partial charge in [0, 0.05) is 15.6 Å². The number of hydrogen-bond acceptors (Lipinski definition) is 6. The van der Waals surface area contributed by atoms with Crippen LogP contribution in [0.25, 0.3) is 0 Å². The van der Waals surface area contributed by atoms with Crippen LogP contribution in [-0.2, 0) is 0 Å². The minimum Gasteiger partial charge on any atom is -0.344 e. The fraction of sp³-hybridized carbons (Fsp3) is 1.00. The lowest BCUT2D eigenvalue weighted by Crippen LogP contribution is -2.57. The summed E-state index contributed by atoms with van der Waals surface area (Å²) >= 11 is 0. The number of aliphatic hydroxyl groups is 3. The second kappa shape index (κ2) is 4.28. The van der Waals surface area contributed by atoms with E-state index in [0.29, 0.717) is 12.5 Å². The Labute approximate surface area is 73.2 Å². The van der Waals surface area contributed by atoms with Gasteiger partial charge in [-0.3, -0.25) is 0 Å². The van der Waals surface area contributed by atoms with Crippen molar-refractivity contribution in [3.05, 3.63) is 0 Å². The second-order valence-electron chi connectivity index (χ2n) is 3.09. The van der Waals surface area contributed by atoms with Crippen LogP contribution in [0.1, 0.15) is 6.42 Å². The highest BCUT2D eigenvalue weighted by Crippen LogP contribution is 2.04. The first kappa shape index (κ1) is 12.0. The van der Waals surface area contributed by atoms with Gasteiger partial charge >= 0.3 is 0 Å². The number of hydrogen-bond donors (Lipinski definition) is 6. The van der Waals surface area contributed by atoms with Crippen molar-refractivity contribution < 1.29 is 15.3 Å². The zero-order valence-corrected chi connectivity index (χ0v) is 8.32. The first-order chi connectivity index (χ1) is 5.21. The molecule has 0 radical (unpaired) electrons. The van der Waals surface area contributed by atoms with Gasteiger partial charge in [0.05, 0.1) is 0 Å². The second-order valence-corrected chi connectivity index (χ2v) is 5.01. The van der Waals surface area contributed by atoms with Crippen molar-refractivity contribution in [3.8, 4) is 0 Å². The molecule has 7 heteroatoms. The third-order valence-electron chi connectivity index (χ3n) is 1.37. The summed E-state index contributed by atoms with van der Waals surface area (Å²) < 4.78 is 0. The van der Waals surface area contributed by atoms with E-state index in [4.69, 9.17) is 32.5 Å². The molecule has 0 saturated carbocycles. The Hall–Kier alpha value is -0.0231. The van der Waals surface area contributed by atoms with Gasteiger partial charge in [-0.2, -0.15) is 0 Å². The molecule has 74 valence electrons. The number of rotatable bonds is 5. The van der Waals surface area contributed by atoms with Gasteiger partial charge in [-0.1, -0.05) is 6.04 Å². The van der Waals surface area contributed by atoms with E-state index in [1.54, 1.807) is 0 Å². The topological polar surface area (TPSA) is 139 Å². The molecule has 0 spiro atoms. The minimum atomic E-state index is -2.54. The molecule has 6 nitrogen and oxygen atoms in total. The molecule has 0 unspecified atom stereocenters. The molecule has 0 fully saturated rings. The summed E-state index contributed by atoms with van der Waals surface area (Å²) in [6, 6.07) is 0.677. The van der Waals surface area contributed by atoms with Crippen LogP contribution in [0.2, 0.25) is 12.1 Å². The van der Waals surface area contributed by atoms with E-state index in [1.165, 1.54) is 0 Å². The minimum absolute atomic E-state index is 0.00306. The van der Waals surface area contributed by atoms with Crippen LogP contribution in [-0.4, -0.2) is 36.6 Å². The molecule has 0 aliphatic carbocycles. The number of nitrogens with two attached hydrogens (primary N) is 3.